The van der Waals surface area contributed by atoms with Gasteiger partial charge in [-0.25, -0.2) is 0 Å². The first-order valence-electron chi connectivity index (χ1n) is 9.12. The molecule has 142 valence electrons. The van der Waals surface area contributed by atoms with E-state index in [0.717, 1.165) is 36.9 Å². The summed E-state index contributed by atoms with van der Waals surface area (Å²) in [5, 5.41) is 14.5. The molecule has 0 saturated carbocycles. The zero-order valence-electron chi connectivity index (χ0n) is 15.2. The number of aliphatic carboxylic acids is 1. The highest BCUT2D eigenvalue weighted by Crippen LogP contribution is 2.16. The quantitative estimate of drug-likeness (QED) is 0.654. The number of aryl methyl sites for hydroxylation is 1. The summed E-state index contributed by atoms with van der Waals surface area (Å²) in [4.78, 5) is 37.6. The Labute approximate surface area is 153 Å². The number of carboxylic acid groups (broad SMARTS) is 1. The van der Waals surface area contributed by atoms with Gasteiger partial charge in [0.25, 0.3) is 0 Å². The van der Waals surface area contributed by atoms with Crippen molar-refractivity contribution in [2.45, 2.75) is 45.1 Å². The number of nitrogens with one attached hydrogen (secondary N) is 2. The fraction of sp³-hybridized carbons (Fsp3) is 0.526. The molecule has 1 unspecified atom stereocenters. The zero-order valence-corrected chi connectivity index (χ0v) is 15.2. The van der Waals surface area contributed by atoms with Crippen LogP contribution in [0.3, 0.4) is 0 Å². The molecule has 1 heterocycles. The smallest absolute Gasteiger partial charge is 0.305 e. The number of carboxylic acids is 1. The number of para-hydroxylation sites is 1. The largest absolute Gasteiger partial charge is 0.481 e. The van der Waals surface area contributed by atoms with Crippen molar-refractivity contribution in [3.05, 3.63) is 29.8 Å². The second-order valence-electron chi connectivity index (χ2n) is 6.49. The van der Waals surface area contributed by atoms with E-state index < -0.39 is 17.9 Å². The highest BCUT2D eigenvalue weighted by Gasteiger charge is 2.29. The first-order valence-corrected chi connectivity index (χ1v) is 9.12. The second-order valence-corrected chi connectivity index (χ2v) is 6.49. The lowest BCUT2D eigenvalue weighted by Gasteiger charge is -2.32. The molecule has 1 aliphatic heterocycles. The Balaban J connectivity index is 1.91. The van der Waals surface area contributed by atoms with Gasteiger partial charge in [-0.3, -0.25) is 19.3 Å². The molecule has 0 radical (unpaired) electrons. The molecule has 7 nitrogen and oxygen atoms in total. The van der Waals surface area contributed by atoms with Gasteiger partial charge in [0.1, 0.15) is 0 Å². The Morgan fingerprint density at radius 2 is 1.85 bits per heavy atom. The normalized spacial score (nSPS) is 15.9. The number of carbonyl (C=O) groups is 3. The summed E-state index contributed by atoms with van der Waals surface area (Å²) in [6, 6.07) is 6.77. The van der Waals surface area contributed by atoms with Gasteiger partial charge in [0, 0.05) is 5.69 Å². The number of benzene rings is 1. The standard InChI is InChI=1S/C19H27N3O4/c1-2-14-8-4-5-9-15(14)21-17(23)13-20-19(26)16(12-18(24)25)22-10-6-3-7-11-22/h4-5,8-9,16H,2-3,6-7,10-13H2,1H3,(H,20,26)(H,21,23)(H,24,25). The van der Waals surface area contributed by atoms with Crippen LogP contribution >= 0.6 is 0 Å². The summed E-state index contributed by atoms with van der Waals surface area (Å²) in [5.41, 5.74) is 1.75. The van der Waals surface area contributed by atoms with Crippen molar-refractivity contribution >= 4 is 23.5 Å². The average molecular weight is 361 g/mol. The molecule has 1 aromatic carbocycles. The van der Waals surface area contributed by atoms with E-state index in [1.54, 1.807) is 0 Å². The Morgan fingerprint density at radius 3 is 2.50 bits per heavy atom. The van der Waals surface area contributed by atoms with Crippen LogP contribution in [0.4, 0.5) is 5.69 Å². The van der Waals surface area contributed by atoms with Gasteiger partial charge in [-0.2, -0.15) is 0 Å². The van der Waals surface area contributed by atoms with Crippen LogP contribution in [0.1, 0.15) is 38.2 Å². The number of piperidine rings is 1. The highest BCUT2D eigenvalue weighted by atomic mass is 16.4. The lowest BCUT2D eigenvalue weighted by atomic mass is 10.1. The van der Waals surface area contributed by atoms with Gasteiger partial charge in [0.15, 0.2) is 0 Å². The van der Waals surface area contributed by atoms with E-state index in [-0.39, 0.29) is 18.9 Å². The van der Waals surface area contributed by atoms with Crippen molar-refractivity contribution < 1.29 is 19.5 Å². The summed E-state index contributed by atoms with van der Waals surface area (Å²) >= 11 is 0. The summed E-state index contributed by atoms with van der Waals surface area (Å²) in [7, 11) is 0. The maximum Gasteiger partial charge on any atom is 0.305 e. The number of hydrogen-bond donors (Lipinski definition) is 3. The SMILES string of the molecule is CCc1ccccc1NC(=O)CNC(=O)C(CC(=O)O)N1CCCCC1. The fourth-order valence-corrected chi connectivity index (χ4v) is 3.21. The topological polar surface area (TPSA) is 98.7 Å². The third kappa shape index (κ3) is 5.84. The summed E-state index contributed by atoms with van der Waals surface area (Å²) in [5.74, 6) is -1.75. The van der Waals surface area contributed by atoms with Crippen LogP contribution in [0.5, 0.6) is 0 Å². The monoisotopic (exact) mass is 361 g/mol. The van der Waals surface area contributed by atoms with Gasteiger partial charge in [-0.05, 0) is 44.0 Å². The lowest BCUT2D eigenvalue weighted by molar-refractivity contribution is -0.142. The minimum atomic E-state index is -1.02. The number of hydrogen-bond acceptors (Lipinski definition) is 4. The number of carbonyl (C=O) groups excluding carboxylic acids is 2. The number of amides is 2. The third-order valence-electron chi connectivity index (χ3n) is 4.60. The summed E-state index contributed by atoms with van der Waals surface area (Å²) < 4.78 is 0. The number of nitrogens with zero attached hydrogens (tertiary/aromatic N) is 1. The molecule has 1 saturated heterocycles. The maximum atomic E-state index is 12.5. The van der Waals surface area contributed by atoms with Crippen LogP contribution < -0.4 is 10.6 Å². The van der Waals surface area contributed by atoms with E-state index in [9.17, 15) is 14.4 Å². The predicted octanol–water partition coefficient (Wildman–Crippen LogP) is 1.63. The molecule has 0 aliphatic carbocycles. The van der Waals surface area contributed by atoms with Gasteiger partial charge >= 0.3 is 5.97 Å². The van der Waals surface area contributed by atoms with Crippen LogP contribution in [0, 0.1) is 0 Å². The first kappa shape index (κ1) is 19.9. The van der Waals surface area contributed by atoms with Crippen LogP contribution in [0.25, 0.3) is 0 Å². The minimum absolute atomic E-state index is 0.180. The summed E-state index contributed by atoms with van der Waals surface area (Å²) in [6.45, 7) is 3.24. The van der Waals surface area contributed by atoms with Crippen molar-refractivity contribution in [3.63, 3.8) is 0 Å². The zero-order chi connectivity index (χ0) is 18.9. The van der Waals surface area contributed by atoms with Crippen molar-refractivity contribution in [1.29, 1.82) is 0 Å². The van der Waals surface area contributed by atoms with Crippen LogP contribution in [0.2, 0.25) is 0 Å². The minimum Gasteiger partial charge on any atom is -0.481 e. The Hall–Kier alpha value is -2.41. The molecule has 1 aliphatic rings. The molecule has 3 N–H and O–H groups in total. The lowest BCUT2D eigenvalue weighted by Crippen LogP contribution is -2.51. The van der Waals surface area contributed by atoms with E-state index in [1.165, 1.54) is 0 Å². The maximum absolute atomic E-state index is 12.5. The number of anilines is 1. The van der Waals surface area contributed by atoms with Crippen LogP contribution in [-0.4, -0.2) is 53.5 Å². The van der Waals surface area contributed by atoms with Crippen LogP contribution in [-0.2, 0) is 20.8 Å². The van der Waals surface area contributed by atoms with Crippen molar-refractivity contribution in [2.75, 3.05) is 25.0 Å². The Morgan fingerprint density at radius 1 is 1.15 bits per heavy atom. The molecule has 0 bridgehead atoms. The van der Waals surface area contributed by atoms with Gasteiger partial charge in [0.05, 0.1) is 19.0 Å². The Bertz CT molecular complexity index is 641. The molecule has 1 fully saturated rings. The molecule has 0 aromatic heterocycles. The van der Waals surface area contributed by atoms with Gasteiger partial charge < -0.3 is 15.7 Å². The molecule has 0 spiro atoms. The molecule has 2 rings (SSSR count). The average Bonchev–Trinajstić information content (AvgIpc) is 2.65. The van der Waals surface area contributed by atoms with Crippen LogP contribution in [0.15, 0.2) is 24.3 Å². The molecule has 1 aromatic rings. The second kappa shape index (κ2) is 9.91. The summed E-state index contributed by atoms with van der Waals surface area (Å²) in [6.07, 6.45) is 3.54. The predicted molar refractivity (Wildman–Crippen MR) is 98.9 cm³/mol. The Kier molecular flexibility index (Phi) is 7.59. The number of rotatable bonds is 8. The van der Waals surface area contributed by atoms with E-state index in [2.05, 4.69) is 10.6 Å². The van der Waals surface area contributed by atoms with Gasteiger partial charge in [0.2, 0.25) is 11.8 Å². The highest BCUT2D eigenvalue weighted by molar-refractivity contribution is 5.96. The fourth-order valence-electron chi connectivity index (χ4n) is 3.21. The van der Waals surface area contributed by atoms with E-state index in [0.29, 0.717) is 13.1 Å². The van der Waals surface area contributed by atoms with Gasteiger partial charge in [-0.15, -0.1) is 0 Å². The van der Waals surface area contributed by atoms with Crippen molar-refractivity contribution in [1.82, 2.24) is 10.2 Å². The molecule has 26 heavy (non-hydrogen) atoms. The number of likely N-dealkylation sites (tertiary alicyclic amines) is 1. The van der Waals surface area contributed by atoms with E-state index in [1.807, 2.05) is 36.1 Å². The van der Waals surface area contributed by atoms with Crippen molar-refractivity contribution in [3.8, 4) is 0 Å². The molecule has 7 heteroatoms. The first-order chi connectivity index (χ1) is 12.5. The molecule has 2 amide bonds. The van der Waals surface area contributed by atoms with Crippen molar-refractivity contribution in [2.24, 2.45) is 0 Å². The molecular weight excluding hydrogens is 334 g/mol. The molecular formula is C19H27N3O4. The van der Waals surface area contributed by atoms with Gasteiger partial charge in [-0.1, -0.05) is 31.5 Å². The third-order valence-corrected chi connectivity index (χ3v) is 4.60. The molecule has 1 atom stereocenters. The van der Waals surface area contributed by atoms with E-state index in [4.69, 9.17) is 5.11 Å². The van der Waals surface area contributed by atoms with E-state index >= 15 is 0 Å².